The molecule has 0 saturated carbocycles. The predicted molar refractivity (Wildman–Crippen MR) is 62.1 cm³/mol. The van der Waals surface area contributed by atoms with Gasteiger partial charge in [0.05, 0.1) is 0 Å². The van der Waals surface area contributed by atoms with E-state index < -0.39 is 0 Å². The van der Waals surface area contributed by atoms with Gasteiger partial charge in [0.15, 0.2) is 0 Å². The molecule has 13 heavy (non-hydrogen) atoms. The molecule has 0 heterocycles. The fourth-order valence-corrected chi connectivity index (χ4v) is 0.897. The standard InChI is InChI=1S/C9H18N2.C2H6/c1-5-8(6-11-4)9(10)7(2)3;1-2/h6-7H,5,10H2,1-4H3;1-2H3/b9-8-,11-6?;. The second kappa shape index (κ2) is 9.30. The van der Waals surface area contributed by atoms with E-state index in [9.17, 15) is 0 Å². The molecule has 78 valence electrons. The lowest BCUT2D eigenvalue weighted by Crippen LogP contribution is -2.09. The highest BCUT2D eigenvalue weighted by Crippen LogP contribution is 2.10. The topological polar surface area (TPSA) is 38.4 Å². The highest BCUT2D eigenvalue weighted by atomic mass is 14.7. The van der Waals surface area contributed by atoms with Gasteiger partial charge in [0.25, 0.3) is 0 Å². The van der Waals surface area contributed by atoms with E-state index in [1.165, 1.54) is 0 Å². The number of nitrogens with zero attached hydrogens (tertiary/aromatic N) is 1. The molecule has 2 nitrogen and oxygen atoms in total. The van der Waals surface area contributed by atoms with E-state index in [-0.39, 0.29) is 0 Å². The van der Waals surface area contributed by atoms with Gasteiger partial charge in [0.2, 0.25) is 0 Å². The van der Waals surface area contributed by atoms with Gasteiger partial charge in [-0.1, -0.05) is 34.6 Å². The maximum Gasteiger partial charge on any atom is 0.0277 e. The molecule has 2 heteroatoms. The number of aliphatic imine (C=N–C) groups is 1. The van der Waals surface area contributed by atoms with E-state index in [1.807, 2.05) is 20.1 Å². The summed E-state index contributed by atoms with van der Waals surface area (Å²) in [6.45, 7) is 10.3. The summed E-state index contributed by atoms with van der Waals surface area (Å²) in [7, 11) is 1.77. The van der Waals surface area contributed by atoms with E-state index >= 15 is 0 Å². The van der Waals surface area contributed by atoms with Crippen molar-refractivity contribution in [3.63, 3.8) is 0 Å². The van der Waals surface area contributed by atoms with Crippen molar-refractivity contribution >= 4 is 6.21 Å². The van der Waals surface area contributed by atoms with Crippen LogP contribution < -0.4 is 5.73 Å². The van der Waals surface area contributed by atoms with Gasteiger partial charge in [0, 0.05) is 19.0 Å². The van der Waals surface area contributed by atoms with Crippen LogP contribution in [0.25, 0.3) is 0 Å². The number of hydrogen-bond acceptors (Lipinski definition) is 2. The molecule has 0 amide bonds. The quantitative estimate of drug-likeness (QED) is 0.673. The van der Waals surface area contributed by atoms with Crippen LogP contribution in [0.4, 0.5) is 0 Å². The van der Waals surface area contributed by atoms with Crippen LogP contribution in [0.3, 0.4) is 0 Å². The second-order valence-corrected chi connectivity index (χ2v) is 2.88. The Kier molecular flexibility index (Phi) is 10.5. The predicted octanol–water partition coefficient (Wildman–Crippen LogP) is 2.99. The molecule has 0 spiro atoms. The van der Waals surface area contributed by atoms with E-state index in [1.54, 1.807) is 7.05 Å². The highest BCUT2D eigenvalue weighted by molar-refractivity contribution is 5.79. The van der Waals surface area contributed by atoms with E-state index in [0.29, 0.717) is 5.92 Å². The van der Waals surface area contributed by atoms with Crippen LogP contribution in [0, 0.1) is 5.92 Å². The Morgan fingerprint density at radius 2 is 1.85 bits per heavy atom. The maximum atomic E-state index is 5.85. The number of allylic oxidation sites excluding steroid dienone is 2. The molecular weight excluding hydrogens is 160 g/mol. The summed E-state index contributed by atoms with van der Waals surface area (Å²) in [5, 5.41) is 0. The molecule has 0 unspecified atom stereocenters. The van der Waals surface area contributed by atoms with Crippen LogP contribution in [-0.4, -0.2) is 13.3 Å². The van der Waals surface area contributed by atoms with Crippen LogP contribution >= 0.6 is 0 Å². The van der Waals surface area contributed by atoms with Crippen LogP contribution in [0.5, 0.6) is 0 Å². The summed E-state index contributed by atoms with van der Waals surface area (Å²) in [6.07, 6.45) is 2.80. The van der Waals surface area contributed by atoms with Gasteiger partial charge in [0.1, 0.15) is 0 Å². The third-order valence-electron chi connectivity index (χ3n) is 1.66. The van der Waals surface area contributed by atoms with Crippen LogP contribution in [-0.2, 0) is 0 Å². The summed E-state index contributed by atoms with van der Waals surface area (Å²) in [6, 6.07) is 0. The first-order chi connectivity index (χ1) is 6.13. The smallest absolute Gasteiger partial charge is 0.0277 e. The third-order valence-corrected chi connectivity index (χ3v) is 1.66. The van der Waals surface area contributed by atoms with Crippen molar-refractivity contribution < 1.29 is 0 Å². The highest BCUT2D eigenvalue weighted by Gasteiger charge is 2.02. The summed E-state index contributed by atoms with van der Waals surface area (Å²) in [5.41, 5.74) is 7.96. The normalized spacial score (nSPS) is 12.5. The molecule has 0 aliphatic rings. The molecule has 0 aromatic rings. The molecule has 0 aliphatic heterocycles. The van der Waals surface area contributed by atoms with Crippen molar-refractivity contribution in [2.75, 3.05) is 7.05 Å². The first-order valence-electron chi connectivity index (χ1n) is 5.04. The van der Waals surface area contributed by atoms with E-state index in [0.717, 1.165) is 17.7 Å². The zero-order valence-electron chi connectivity index (χ0n) is 9.89. The van der Waals surface area contributed by atoms with Crippen LogP contribution in [0.1, 0.15) is 41.0 Å². The first-order valence-corrected chi connectivity index (χ1v) is 5.04. The van der Waals surface area contributed by atoms with Gasteiger partial charge in [-0.05, 0) is 17.9 Å². The summed E-state index contributed by atoms with van der Waals surface area (Å²) >= 11 is 0. The second-order valence-electron chi connectivity index (χ2n) is 2.88. The molecule has 0 aromatic heterocycles. The monoisotopic (exact) mass is 184 g/mol. The van der Waals surface area contributed by atoms with Gasteiger partial charge in [-0.3, -0.25) is 4.99 Å². The first kappa shape index (κ1) is 14.7. The molecule has 0 fully saturated rings. The van der Waals surface area contributed by atoms with Crippen molar-refractivity contribution in [3.8, 4) is 0 Å². The molecule has 0 bridgehead atoms. The van der Waals surface area contributed by atoms with Crippen molar-refractivity contribution in [2.45, 2.75) is 41.0 Å². The largest absolute Gasteiger partial charge is 0.402 e. The minimum Gasteiger partial charge on any atom is -0.402 e. The van der Waals surface area contributed by atoms with Gasteiger partial charge < -0.3 is 5.73 Å². The summed E-state index contributed by atoms with van der Waals surface area (Å²) in [5.74, 6) is 0.419. The molecule has 0 aliphatic carbocycles. The Morgan fingerprint density at radius 3 is 2.08 bits per heavy atom. The number of nitrogens with two attached hydrogens (primary N) is 1. The minimum atomic E-state index is 0.419. The van der Waals surface area contributed by atoms with E-state index in [4.69, 9.17) is 5.73 Å². The Labute approximate surface area is 82.9 Å². The average molecular weight is 184 g/mol. The minimum absolute atomic E-state index is 0.419. The molecule has 2 N–H and O–H groups in total. The van der Waals surface area contributed by atoms with Crippen LogP contribution in [0.15, 0.2) is 16.3 Å². The van der Waals surface area contributed by atoms with Crippen LogP contribution in [0.2, 0.25) is 0 Å². The van der Waals surface area contributed by atoms with Gasteiger partial charge in [-0.15, -0.1) is 0 Å². The van der Waals surface area contributed by atoms with Gasteiger partial charge >= 0.3 is 0 Å². The van der Waals surface area contributed by atoms with Gasteiger partial charge in [-0.25, -0.2) is 0 Å². The fraction of sp³-hybridized carbons (Fsp3) is 0.727. The maximum absolute atomic E-state index is 5.85. The van der Waals surface area contributed by atoms with Crippen molar-refractivity contribution in [1.29, 1.82) is 0 Å². The molecule has 0 saturated heterocycles. The zero-order chi connectivity index (χ0) is 10.9. The molecule has 0 rings (SSSR count). The lowest BCUT2D eigenvalue weighted by molar-refractivity contribution is 0.745. The molecule has 0 radical (unpaired) electrons. The summed E-state index contributed by atoms with van der Waals surface area (Å²) < 4.78 is 0. The zero-order valence-corrected chi connectivity index (χ0v) is 9.89. The Balaban J connectivity index is 0. The van der Waals surface area contributed by atoms with E-state index in [2.05, 4.69) is 25.8 Å². The van der Waals surface area contributed by atoms with Crippen molar-refractivity contribution in [3.05, 3.63) is 11.3 Å². The summed E-state index contributed by atoms with van der Waals surface area (Å²) in [4.78, 5) is 3.95. The fourth-order valence-electron chi connectivity index (χ4n) is 0.897. The van der Waals surface area contributed by atoms with Gasteiger partial charge in [-0.2, -0.15) is 0 Å². The lowest BCUT2D eigenvalue weighted by Gasteiger charge is -2.08. The Morgan fingerprint density at radius 1 is 1.38 bits per heavy atom. The van der Waals surface area contributed by atoms with Crippen molar-refractivity contribution in [2.24, 2.45) is 16.6 Å². The molecule has 0 atom stereocenters. The number of hydrogen-bond donors (Lipinski definition) is 1. The lowest BCUT2D eigenvalue weighted by atomic mass is 10.0. The Hall–Kier alpha value is -0.790. The molecular formula is C11H24N2. The average Bonchev–Trinajstić information content (AvgIpc) is 2.16. The van der Waals surface area contributed by atoms with Crippen molar-refractivity contribution in [1.82, 2.24) is 0 Å². The number of rotatable bonds is 3. The Bertz CT molecular complexity index is 167. The SMILES string of the molecule is CC.CC/C(C=NC)=C(/N)C(C)C. The third kappa shape index (κ3) is 6.38. The molecule has 0 aromatic carbocycles.